The van der Waals surface area contributed by atoms with Crippen molar-refractivity contribution < 1.29 is 4.43 Å². The lowest BCUT2D eigenvalue weighted by Gasteiger charge is -2.06. The van der Waals surface area contributed by atoms with Crippen LogP contribution < -0.4 is 4.43 Å². The fourth-order valence-corrected chi connectivity index (χ4v) is 1.47. The van der Waals surface area contributed by atoms with Crippen LogP contribution >= 0.6 is 0 Å². The zero-order chi connectivity index (χ0) is 8.27. The molecule has 1 rings (SSSR count). The van der Waals surface area contributed by atoms with Crippen LogP contribution in [0.15, 0.2) is 18.2 Å². The van der Waals surface area contributed by atoms with Crippen molar-refractivity contribution in [1.29, 1.82) is 0 Å². The van der Waals surface area contributed by atoms with Crippen LogP contribution in [0.5, 0.6) is 5.75 Å². The van der Waals surface area contributed by atoms with Crippen molar-refractivity contribution in [1.82, 2.24) is 0 Å². The van der Waals surface area contributed by atoms with Crippen molar-refractivity contribution in [2.75, 3.05) is 0 Å². The molecule has 0 fully saturated rings. The molecule has 0 aliphatic carbocycles. The van der Waals surface area contributed by atoms with Gasteiger partial charge in [-0.2, -0.15) is 0 Å². The van der Waals surface area contributed by atoms with Crippen LogP contribution in [-0.2, 0) is 0 Å². The average molecular weight is 164 g/mol. The molecule has 0 unspecified atom stereocenters. The number of benzene rings is 1. The van der Waals surface area contributed by atoms with E-state index in [0.29, 0.717) is 9.76 Å². The minimum absolute atomic E-state index is 0.528. The second-order valence-corrected chi connectivity index (χ2v) is 3.19. The van der Waals surface area contributed by atoms with Crippen LogP contribution in [0, 0.1) is 13.8 Å². The summed E-state index contributed by atoms with van der Waals surface area (Å²) in [5, 5.41) is 0. The van der Waals surface area contributed by atoms with Crippen molar-refractivity contribution in [3.05, 3.63) is 29.3 Å². The van der Waals surface area contributed by atoms with Gasteiger partial charge in [-0.25, -0.2) is 0 Å². The monoisotopic (exact) mass is 164 g/mol. The standard InChI is InChI=1S/C9H12OSi/c1-7-4-5-9(10-11-3)8(2)6-7/h4-6H,1-3H3. The molecule has 11 heavy (non-hydrogen) atoms. The molecule has 0 atom stereocenters. The SMILES string of the molecule is C[Si]Oc1ccc(C)cc1C. The molecule has 0 bridgehead atoms. The minimum Gasteiger partial charge on any atom is -0.541 e. The fourth-order valence-electron chi connectivity index (χ4n) is 1.02. The Hall–Kier alpha value is -0.763. The quantitative estimate of drug-likeness (QED) is 0.610. The number of hydrogen-bond acceptors (Lipinski definition) is 1. The Kier molecular flexibility index (Phi) is 2.71. The number of aryl methyl sites for hydroxylation is 2. The second-order valence-electron chi connectivity index (χ2n) is 2.58. The maximum Gasteiger partial charge on any atom is 0.307 e. The second kappa shape index (κ2) is 3.58. The molecule has 0 aromatic heterocycles. The third kappa shape index (κ3) is 2.08. The van der Waals surface area contributed by atoms with E-state index >= 15 is 0 Å². The van der Waals surface area contributed by atoms with Gasteiger partial charge in [0.25, 0.3) is 0 Å². The van der Waals surface area contributed by atoms with Crippen LogP contribution in [0.2, 0.25) is 6.55 Å². The maximum absolute atomic E-state index is 5.42. The summed E-state index contributed by atoms with van der Waals surface area (Å²) in [6.45, 7) is 6.19. The Bertz CT molecular complexity index is 245. The first-order valence-electron chi connectivity index (χ1n) is 3.65. The van der Waals surface area contributed by atoms with Crippen LogP contribution in [0.1, 0.15) is 11.1 Å². The molecule has 0 N–H and O–H groups in total. The molecule has 1 aromatic carbocycles. The first-order chi connectivity index (χ1) is 5.24. The highest BCUT2D eigenvalue weighted by atomic mass is 28.2. The largest absolute Gasteiger partial charge is 0.541 e. The molecule has 2 radical (unpaired) electrons. The Labute approximate surface area is 70.3 Å². The predicted molar refractivity (Wildman–Crippen MR) is 48.2 cm³/mol. The lowest BCUT2D eigenvalue weighted by Crippen LogP contribution is -1.97. The minimum atomic E-state index is 0.528. The van der Waals surface area contributed by atoms with E-state index in [1.807, 2.05) is 12.6 Å². The third-order valence-corrected chi connectivity index (χ3v) is 1.97. The van der Waals surface area contributed by atoms with Crippen LogP contribution in [0.3, 0.4) is 0 Å². The van der Waals surface area contributed by atoms with Gasteiger partial charge in [0.2, 0.25) is 0 Å². The van der Waals surface area contributed by atoms with E-state index in [2.05, 4.69) is 26.0 Å². The average Bonchev–Trinajstić information content (AvgIpc) is 1.95. The lowest BCUT2D eigenvalue weighted by atomic mass is 10.1. The van der Waals surface area contributed by atoms with Gasteiger partial charge in [-0.1, -0.05) is 17.7 Å². The van der Waals surface area contributed by atoms with Crippen molar-refractivity contribution in [2.45, 2.75) is 20.4 Å². The summed E-state index contributed by atoms with van der Waals surface area (Å²) in [5.74, 6) is 1.01. The van der Waals surface area contributed by atoms with E-state index in [1.165, 1.54) is 11.1 Å². The number of rotatable bonds is 2. The molecule has 0 heterocycles. The van der Waals surface area contributed by atoms with Gasteiger partial charge in [-0.15, -0.1) is 0 Å². The topological polar surface area (TPSA) is 9.23 Å². The van der Waals surface area contributed by atoms with Crippen LogP contribution in [-0.4, -0.2) is 9.76 Å². The van der Waals surface area contributed by atoms with E-state index in [9.17, 15) is 0 Å². The highest BCUT2D eigenvalue weighted by Gasteiger charge is 1.96. The summed E-state index contributed by atoms with van der Waals surface area (Å²) in [5.41, 5.74) is 2.51. The van der Waals surface area contributed by atoms with Crippen molar-refractivity contribution in [3.8, 4) is 5.75 Å². The molecular weight excluding hydrogens is 152 g/mol. The Balaban J connectivity index is 2.90. The van der Waals surface area contributed by atoms with Gasteiger partial charge < -0.3 is 4.43 Å². The summed E-state index contributed by atoms with van der Waals surface area (Å²) < 4.78 is 5.42. The van der Waals surface area contributed by atoms with Crippen molar-refractivity contribution in [3.63, 3.8) is 0 Å². The van der Waals surface area contributed by atoms with E-state index < -0.39 is 0 Å². The van der Waals surface area contributed by atoms with Gasteiger partial charge in [0.1, 0.15) is 5.75 Å². The molecule has 0 amide bonds. The zero-order valence-corrected chi connectivity index (χ0v) is 8.14. The molecule has 0 saturated carbocycles. The summed E-state index contributed by atoms with van der Waals surface area (Å²) in [6.07, 6.45) is 0. The van der Waals surface area contributed by atoms with Crippen molar-refractivity contribution in [2.24, 2.45) is 0 Å². The zero-order valence-electron chi connectivity index (χ0n) is 7.14. The molecule has 2 heteroatoms. The lowest BCUT2D eigenvalue weighted by molar-refractivity contribution is 0.594. The van der Waals surface area contributed by atoms with Crippen LogP contribution in [0.4, 0.5) is 0 Å². The number of hydrogen-bond donors (Lipinski definition) is 0. The maximum atomic E-state index is 5.42. The molecule has 0 aliphatic rings. The molecule has 1 nitrogen and oxygen atoms in total. The first kappa shape index (κ1) is 8.33. The molecular formula is C9H12OSi. The Morgan fingerprint density at radius 3 is 2.55 bits per heavy atom. The van der Waals surface area contributed by atoms with E-state index in [0.717, 1.165) is 5.75 Å². The van der Waals surface area contributed by atoms with Gasteiger partial charge in [0.05, 0.1) is 0 Å². The predicted octanol–water partition coefficient (Wildman–Crippen LogP) is 2.35. The van der Waals surface area contributed by atoms with E-state index in [-0.39, 0.29) is 0 Å². The van der Waals surface area contributed by atoms with E-state index in [1.54, 1.807) is 0 Å². The van der Waals surface area contributed by atoms with Gasteiger partial charge in [0.15, 0.2) is 0 Å². The molecule has 0 aliphatic heterocycles. The third-order valence-electron chi connectivity index (χ3n) is 1.54. The van der Waals surface area contributed by atoms with Gasteiger partial charge in [0, 0.05) is 0 Å². The highest BCUT2D eigenvalue weighted by Crippen LogP contribution is 2.17. The van der Waals surface area contributed by atoms with Crippen molar-refractivity contribution >= 4 is 9.76 Å². The molecule has 1 aromatic rings. The summed E-state index contributed by atoms with van der Waals surface area (Å²) >= 11 is 0. The molecule has 58 valence electrons. The normalized spacial score (nSPS) is 9.73. The molecule has 0 saturated heterocycles. The summed E-state index contributed by atoms with van der Waals surface area (Å²) in [6, 6.07) is 6.24. The smallest absolute Gasteiger partial charge is 0.307 e. The Morgan fingerprint density at radius 2 is 2.00 bits per heavy atom. The van der Waals surface area contributed by atoms with E-state index in [4.69, 9.17) is 4.43 Å². The fraction of sp³-hybridized carbons (Fsp3) is 0.333. The van der Waals surface area contributed by atoms with Gasteiger partial charge in [-0.3, -0.25) is 0 Å². The summed E-state index contributed by atoms with van der Waals surface area (Å²) in [7, 11) is 0.528. The van der Waals surface area contributed by atoms with Gasteiger partial charge >= 0.3 is 9.76 Å². The Morgan fingerprint density at radius 1 is 1.27 bits per heavy atom. The molecule has 0 spiro atoms. The van der Waals surface area contributed by atoms with Gasteiger partial charge in [-0.05, 0) is 32.0 Å². The van der Waals surface area contributed by atoms with Crippen LogP contribution in [0.25, 0.3) is 0 Å². The summed E-state index contributed by atoms with van der Waals surface area (Å²) in [4.78, 5) is 0. The first-order valence-corrected chi connectivity index (χ1v) is 5.05. The highest BCUT2D eigenvalue weighted by molar-refractivity contribution is 6.26.